The van der Waals surface area contributed by atoms with Crippen LogP contribution >= 0.6 is 11.3 Å². The number of rotatable bonds is 5. The molecule has 0 aliphatic carbocycles. The highest BCUT2D eigenvalue weighted by Gasteiger charge is 2.36. The van der Waals surface area contributed by atoms with Crippen molar-refractivity contribution in [3.05, 3.63) is 27.9 Å². The Kier molecular flexibility index (Phi) is 4.57. The number of cyclic esters (lactones) is 1. The Labute approximate surface area is 142 Å². The summed E-state index contributed by atoms with van der Waals surface area (Å²) in [6.45, 7) is 2.79. The van der Waals surface area contributed by atoms with Gasteiger partial charge in [-0.15, -0.1) is 0 Å². The van der Waals surface area contributed by atoms with Crippen LogP contribution in [0.25, 0.3) is 10.2 Å². The number of ether oxygens (including phenoxy) is 1. The van der Waals surface area contributed by atoms with Gasteiger partial charge in [0.05, 0.1) is 16.8 Å². The van der Waals surface area contributed by atoms with Crippen LogP contribution < -0.4 is 15.1 Å². The van der Waals surface area contributed by atoms with Gasteiger partial charge in [0.15, 0.2) is 6.10 Å². The van der Waals surface area contributed by atoms with Crippen LogP contribution in [0.1, 0.15) is 19.8 Å². The van der Waals surface area contributed by atoms with Crippen molar-refractivity contribution in [3.8, 4) is 0 Å². The Balaban J connectivity index is 1.76. The minimum Gasteiger partial charge on any atom is -0.434 e. The summed E-state index contributed by atoms with van der Waals surface area (Å²) >= 11 is 1.12. The van der Waals surface area contributed by atoms with Crippen molar-refractivity contribution in [2.45, 2.75) is 25.9 Å². The van der Waals surface area contributed by atoms with Crippen LogP contribution in [0.2, 0.25) is 0 Å². The molecule has 1 N–H and O–H groups in total. The molecule has 0 spiro atoms. The van der Waals surface area contributed by atoms with E-state index in [-0.39, 0.29) is 17.3 Å². The molecule has 1 aromatic carbocycles. The molecule has 0 radical (unpaired) electrons. The summed E-state index contributed by atoms with van der Waals surface area (Å²) in [5.41, 5.74) is 1.44. The van der Waals surface area contributed by atoms with Gasteiger partial charge in [-0.3, -0.25) is 14.5 Å². The molecule has 2 aromatic rings. The molecule has 2 heterocycles. The van der Waals surface area contributed by atoms with E-state index in [0.29, 0.717) is 12.2 Å². The van der Waals surface area contributed by atoms with Crippen LogP contribution in [0, 0.1) is 0 Å². The van der Waals surface area contributed by atoms with Crippen molar-refractivity contribution in [2.75, 3.05) is 18.0 Å². The van der Waals surface area contributed by atoms with Crippen molar-refractivity contribution < 1.29 is 14.3 Å². The Morgan fingerprint density at radius 1 is 1.42 bits per heavy atom. The average molecular weight is 349 g/mol. The van der Waals surface area contributed by atoms with Crippen molar-refractivity contribution in [1.82, 2.24) is 9.88 Å². The van der Waals surface area contributed by atoms with Crippen LogP contribution in [-0.4, -0.2) is 35.8 Å². The van der Waals surface area contributed by atoms with Crippen molar-refractivity contribution in [3.63, 3.8) is 0 Å². The van der Waals surface area contributed by atoms with Crippen LogP contribution in [0.15, 0.2) is 23.0 Å². The number of thiazole rings is 1. The number of carbonyl (C=O) groups excluding carboxylic acids is 2. The summed E-state index contributed by atoms with van der Waals surface area (Å²) in [5, 5.41) is 2.77. The fourth-order valence-corrected chi connectivity index (χ4v) is 3.52. The minimum absolute atomic E-state index is 0.0562. The zero-order valence-electron chi connectivity index (χ0n) is 13.6. The van der Waals surface area contributed by atoms with E-state index in [1.807, 2.05) is 6.92 Å². The van der Waals surface area contributed by atoms with E-state index in [4.69, 9.17) is 4.74 Å². The van der Waals surface area contributed by atoms with Gasteiger partial charge in [-0.1, -0.05) is 24.7 Å². The lowest BCUT2D eigenvalue weighted by atomic mass is 10.2. The molecule has 1 aliphatic rings. The number of amides is 2. The summed E-state index contributed by atoms with van der Waals surface area (Å²) in [4.78, 5) is 37.2. The highest BCUT2D eigenvalue weighted by molar-refractivity contribution is 7.16. The van der Waals surface area contributed by atoms with Crippen LogP contribution in [0.3, 0.4) is 0 Å². The third-order valence-electron chi connectivity index (χ3n) is 4.02. The van der Waals surface area contributed by atoms with E-state index in [9.17, 15) is 14.4 Å². The number of hydrogen-bond acceptors (Lipinski definition) is 5. The molecule has 0 bridgehead atoms. The second-order valence-corrected chi connectivity index (χ2v) is 6.70. The fourth-order valence-electron chi connectivity index (χ4n) is 2.60. The van der Waals surface area contributed by atoms with Gasteiger partial charge in [0, 0.05) is 19.3 Å². The Morgan fingerprint density at radius 3 is 2.96 bits per heavy atom. The maximum absolute atomic E-state index is 12.1. The van der Waals surface area contributed by atoms with Crippen LogP contribution in [-0.2, 0) is 16.6 Å². The van der Waals surface area contributed by atoms with Gasteiger partial charge in [-0.2, -0.15) is 0 Å². The van der Waals surface area contributed by atoms with Gasteiger partial charge in [0.25, 0.3) is 5.91 Å². The van der Waals surface area contributed by atoms with Crippen molar-refractivity contribution >= 4 is 39.2 Å². The highest BCUT2D eigenvalue weighted by Crippen LogP contribution is 2.27. The molecule has 0 unspecified atom stereocenters. The van der Waals surface area contributed by atoms with E-state index in [1.165, 1.54) is 4.90 Å². The first kappa shape index (κ1) is 16.5. The SMILES string of the molecule is CCCCNC(=O)[C@H]1CN(c2ccc3c(c2)sc(=O)n3C)C(=O)O1. The molecule has 1 atom stereocenters. The van der Waals surface area contributed by atoms with Crippen LogP contribution in [0.4, 0.5) is 10.5 Å². The molecule has 8 heteroatoms. The first-order chi connectivity index (χ1) is 11.5. The Morgan fingerprint density at radius 2 is 2.21 bits per heavy atom. The normalized spacial score (nSPS) is 17.3. The van der Waals surface area contributed by atoms with Crippen molar-refractivity contribution in [2.24, 2.45) is 7.05 Å². The van der Waals surface area contributed by atoms with Gasteiger partial charge in [0.2, 0.25) is 0 Å². The standard InChI is InChI=1S/C16H19N3O4S/c1-3-4-7-17-14(20)12-9-19(15(21)23-12)10-5-6-11-13(8-10)24-16(22)18(11)2/h5-6,8,12H,3-4,7,9H2,1-2H3,(H,17,20)/t12-/m1/s1. The largest absolute Gasteiger partial charge is 0.434 e. The zero-order valence-corrected chi connectivity index (χ0v) is 14.4. The molecular formula is C16H19N3O4S. The van der Waals surface area contributed by atoms with Gasteiger partial charge in [0.1, 0.15) is 0 Å². The lowest BCUT2D eigenvalue weighted by Crippen LogP contribution is -2.37. The summed E-state index contributed by atoms with van der Waals surface area (Å²) in [5.74, 6) is -0.273. The summed E-state index contributed by atoms with van der Waals surface area (Å²) in [6, 6.07) is 5.33. The predicted molar refractivity (Wildman–Crippen MR) is 92.6 cm³/mol. The average Bonchev–Trinajstić information content (AvgIpc) is 3.08. The molecule has 3 rings (SSSR count). The van der Waals surface area contributed by atoms with Gasteiger partial charge >= 0.3 is 11.0 Å². The number of fused-ring (bicyclic) bond motifs is 1. The lowest BCUT2D eigenvalue weighted by Gasteiger charge is -2.13. The van der Waals surface area contributed by atoms with E-state index in [2.05, 4.69) is 5.32 Å². The second-order valence-electron chi connectivity index (χ2n) is 5.71. The number of carbonyl (C=O) groups is 2. The molecule has 0 saturated carbocycles. The molecule has 128 valence electrons. The number of benzene rings is 1. The topological polar surface area (TPSA) is 80.6 Å². The van der Waals surface area contributed by atoms with E-state index in [0.717, 1.165) is 34.4 Å². The predicted octanol–water partition coefficient (Wildman–Crippen LogP) is 1.84. The number of anilines is 1. The fraction of sp³-hybridized carbons (Fsp3) is 0.438. The number of nitrogens with one attached hydrogen (secondary N) is 1. The third-order valence-corrected chi connectivity index (χ3v) is 5.02. The molecule has 24 heavy (non-hydrogen) atoms. The zero-order chi connectivity index (χ0) is 17.3. The smallest absolute Gasteiger partial charge is 0.415 e. The number of aromatic nitrogens is 1. The summed E-state index contributed by atoms with van der Waals surface area (Å²) in [6.07, 6.45) is 0.518. The molecule has 1 fully saturated rings. The minimum atomic E-state index is -0.806. The lowest BCUT2D eigenvalue weighted by molar-refractivity contribution is -0.127. The summed E-state index contributed by atoms with van der Waals surface area (Å²) in [7, 11) is 1.71. The Bertz CT molecular complexity index is 841. The molecular weight excluding hydrogens is 330 g/mol. The molecule has 7 nitrogen and oxygen atoms in total. The highest BCUT2D eigenvalue weighted by atomic mass is 32.1. The third kappa shape index (κ3) is 3.01. The Hall–Kier alpha value is -2.35. The molecule has 2 amide bonds. The molecule has 1 aromatic heterocycles. The number of nitrogens with zero attached hydrogens (tertiary/aromatic N) is 2. The maximum atomic E-state index is 12.1. The molecule has 1 aliphatic heterocycles. The van der Waals surface area contributed by atoms with E-state index >= 15 is 0 Å². The number of unbranched alkanes of at least 4 members (excludes halogenated alkanes) is 1. The van der Waals surface area contributed by atoms with Gasteiger partial charge in [-0.05, 0) is 24.6 Å². The number of hydrogen-bond donors (Lipinski definition) is 1. The van der Waals surface area contributed by atoms with Gasteiger partial charge < -0.3 is 14.6 Å². The van der Waals surface area contributed by atoms with E-state index in [1.54, 1.807) is 29.8 Å². The second kappa shape index (κ2) is 6.64. The van der Waals surface area contributed by atoms with E-state index < -0.39 is 12.2 Å². The van der Waals surface area contributed by atoms with Crippen LogP contribution in [0.5, 0.6) is 0 Å². The number of aryl methyl sites for hydroxylation is 1. The summed E-state index contributed by atoms with van der Waals surface area (Å²) < 4.78 is 7.53. The first-order valence-electron chi connectivity index (χ1n) is 7.86. The monoisotopic (exact) mass is 349 g/mol. The maximum Gasteiger partial charge on any atom is 0.415 e. The first-order valence-corrected chi connectivity index (χ1v) is 8.68. The molecule has 1 saturated heterocycles. The van der Waals surface area contributed by atoms with Crippen molar-refractivity contribution in [1.29, 1.82) is 0 Å². The van der Waals surface area contributed by atoms with Gasteiger partial charge in [-0.25, -0.2) is 4.79 Å². The quantitative estimate of drug-likeness (QED) is 0.835.